The van der Waals surface area contributed by atoms with Gasteiger partial charge in [-0.1, -0.05) is 65.9 Å². The van der Waals surface area contributed by atoms with Gasteiger partial charge in [-0.2, -0.15) is 5.10 Å². The van der Waals surface area contributed by atoms with E-state index in [0.717, 1.165) is 40.3 Å². The molecule has 0 saturated heterocycles. The fourth-order valence-electron chi connectivity index (χ4n) is 4.01. The summed E-state index contributed by atoms with van der Waals surface area (Å²) in [6, 6.07) is 34.5. The zero-order valence-electron chi connectivity index (χ0n) is 18.8. The predicted molar refractivity (Wildman–Crippen MR) is 140 cm³/mol. The summed E-state index contributed by atoms with van der Waals surface area (Å²) in [7, 11) is 1.69. The molecule has 1 unspecified atom stereocenters. The smallest absolute Gasteiger partial charge is 0.118 e. The number of ether oxygens (including phenoxy) is 1. The Kier molecular flexibility index (Phi) is 6.33. The van der Waals surface area contributed by atoms with Crippen LogP contribution in [0.1, 0.15) is 34.7 Å². The highest BCUT2D eigenvalue weighted by atomic mass is 35.5. The van der Waals surface area contributed by atoms with E-state index in [9.17, 15) is 0 Å². The van der Waals surface area contributed by atoms with Crippen LogP contribution in [0, 0.1) is 11.8 Å². The molecule has 34 heavy (non-hydrogen) atoms. The van der Waals surface area contributed by atoms with Gasteiger partial charge in [0.25, 0.3) is 0 Å². The zero-order valence-corrected chi connectivity index (χ0v) is 19.5. The summed E-state index contributed by atoms with van der Waals surface area (Å²) in [6.45, 7) is 0. The molecule has 4 aromatic carbocycles. The number of anilines is 1. The molecule has 0 N–H and O–H groups in total. The summed E-state index contributed by atoms with van der Waals surface area (Å²) >= 11 is 5.95. The molecule has 5 rings (SSSR count). The van der Waals surface area contributed by atoms with Crippen LogP contribution in [0.4, 0.5) is 5.69 Å². The molecule has 0 fully saturated rings. The molecule has 0 saturated carbocycles. The predicted octanol–water partition coefficient (Wildman–Crippen LogP) is 7.10. The molecule has 0 spiro atoms. The Balaban J connectivity index is 1.41. The van der Waals surface area contributed by atoms with Gasteiger partial charge >= 0.3 is 0 Å². The minimum absolute atomic E-state index is 0.118. The number of methoxy groups -OCH3 is 1. The molecule has 1 heterocycles. The van der Waals surface area contributed by atoms with E-state index in [1.165, 1.54) is 5.56 Å². The Morgan fingerprint density at radius 1 is 0.794 bits per heavy atom. The van der Waals surface area contributed by atoms with Gasteiger partial charge < -0.3 is 4.74 Å². The van der Waals surface area contributed by atoms with Crippen LogP contribution < -0.4 is 9.75 Å². The molecular formula is C30H23ClN2O. The minimum atomic E-state index is 0.118. The molecule has 1 aliphatic heterocycles. The van der Waals surface area contributed by atoms with Crippen LogP contribution in [0.25, 0.3) is 0 Å². The maximum Gasteiger partial charge on any atom is 0.118 e. The molecule has 4 aromatic rings. The Labute approximate surface area is 205 Å². The van der Waals surface area contributed by atoms with Crippen molar-refractivity contribution in [3.63, 3.8) is 0 Å². The van der Waals surface area contributed by atoms with Crippen molar-refractivity contribution in [2.45, 2.75) is 12.5 Å². The fraction of sp³-hybridized carbons (Fsp3) is 0.100. The normalized spacial score (nSPS) is 14.8. The maximum atomic E-state index is 5.95. The van der Waals surface area contributed by atoms with Crippen LogP contribution in [0.5, 0.6) is 5.75 Å². The van der Waals surface area contributed by atoms with E-state index < -0.39 is 0 Å². The first kappa shape index (κ1) is 21.8. The molecule has 4 heteroatoms. The highest BCUT2D eigenvalue weighted by molar-refractivity contribution is 6.30. The third-order valence-corrected chi connectivity index (χ3v) is 6.10. The van der Waals surface area contributed by atoms with E-state index in [1.54, 1.807) is 7.11 Å². The molecular weight excluding hydrogens is 440 g/mol. The van der Waals surface area contributed by atoms with E-state index >= 15 is 0 Å². The van der Waals surface area contributed by atoms with Crippen LogP contribution in [-0.4, -0.2) is 12.8 Å². The number of halogens is 1. The van der Waals surface area contributed by atoms with Crippen LogP contribution in [0.15, 0.2) is 108 Å². The van der Waals surface area contributed by atoms with Crippen molar-refractivity contribution in [1.29, 1.82) is 0 Å². The van der Waals surface area contributed by atoms with Crippen LogP contribution in [-0.2, 0) is 0 Å². The summed E-state index contributed by atoms with van der Waals surface area (Å²) in [4.78, 5) is 0. The van der Waals surface area contributed by atoms with E-state index in [-0.39, 0.29) is 6.04 Å². The first-order chi connectivity index (χ1) is 16.7. The number of nitrogens with zero attached hydrogens (tertiary/aromatic N) is 2. The lowest BCUT2D eigenvalue weighted by molar-refractivity contribution is 0.414. The van der Waals surface area contributed by atoms with Gasteiger partial charge in [-0.25, -0.2) is 0 Å². The van der Waals surface area contributed by atoms with E-state index in [4.69, 9.17) is 21.4 Å². The highest BCUT2D eigenvalue weighted by Gasteiger charge is 2.29. The van der Waals surface area contributed by atoms with Gasteiger partial charge in [-0.3, -0.25) is 5.01 Å². The third kappa shape index (κ3) is 4.83. The highest BCUT2D eigenvalue weighted by Crippen LogP contribution is 2.37. The van der Waals surface area contributed by atoms with Gasteiger partial charge in [0.05, 0.1) is 24.6 Å². The van der Waals surface area contributed by atoms with Crippen molar-refractivity contribution >= 4 is 23.0 Å². The van der Waals surface area contributed by atoms with Crippen molar-refractivity contribution in [2.24, 2.45) is 5.10 Å². The molecule has 0 amide bonds. The zero-order chi connectivity index (χ0) is 23.3. The van der Waals surface area contributed by atoms with Gasteiger partial charge in [-0.15, -0.1) is 0 Å². The van der Waals surface area contributed by atoms with Gasteiger partial charge in [0.2, 0.25) is 0 Å². The average Bonchev–Trinajstić information content (AvgIpc) is 3.35. The fourth-order valence-corrected chi connectivity index (χ4v) is 4.14. The molecule has 0 aromatic heterocycles. The Morgan fingerprint density at radius 2 is 1.41 bits per heavy atom. The van der Waals surface area contributed by atoms with E-state index in [0.29, 0.717) is 5.02 Å². The van der Waals surface area contributed by atoms with E-state index in [2.05, 4.69) is 53.2 Å². The topological polar surface area (TPSA) is 24.8 Å². The number of benzene rings is 4. The maximum absolute atomic E-state index is 5.95. The number of hydrazone groups is 1. The standard InChI is InChI=1S/C30H23ClN2O/c1-34-28-19-15-25(16-20-28)30-21-29(32-33(30)27-5-3-2-4-6-27)24-13-9-22(10-14-24)7-8-23-11-17-26(31)18-12-23/h2-6,9-20,30H,21H2,1H3. The number of rotatable bonds is 4. The minimum Gasteiger partial charge on any atom is -0.497 e. The Hall–Kier alpha value is -4.00. The second-order valence-electron chi connectivity index (χ2n) is 8.05. The third-order valence-electron chi connectivity index (χ3n) is 5.85. The molecule has 1 atom stereocenters. The van der Waals surface area contributed by atoms with Crippen LogP contribution >= 0.6 is 11.6 Å². The summed E-state index contributed by atoms with van der Waals surface area (Å²) < 4.78 is 5.34. The summed E-state index contributed by atoms with van der Waals surface area (Å²) in [6.07, 6.45) is 0.816. The average molecular weight is 463 g/mol. The lowest BCUT2D eigenvalue weighted by Gasteiger charge is -2.24. The molecule has 0 radical (unpaired) electrons. The first-order valence-electron chi connectivity index (χ1n) is 11.1. The quantitative estimate of drug-likeness (QED) is 0.302. The molecule has 3 nitrogen and oxygen atoms in total. The van der Waals surface area contributed by atoms with Crippen molar-refractivity contribution in [1.82, 2.24) is 0 Å². The summed E-state index contributed by atoms with van der Waals surface area (Å²) in [5.74, 6) is 7.26. The molecule has 0 bridgehead atoms. The first-order valence-corrected chi connectivity index (χ1v) is 11.5. The van der Waals surface area contributed by atoms with Crippen molar-refractivity contribution in [3.8, 4) is 17.6 Å². The lowest BCUT2D eigenvalue weighted by atomic mass is 9.97. The van der Waals surface area contributed by atoms with Gasteiger partial charge in [0.15, 0.2) is 0 Å². The number of hydrogen-bond acceptors (Lipinski definition) is 3. The SMILES string of the molecule is COc1ccc(C2CC(c3ccc(C#Cc4ccc(Cl)cc4)cc3)=NN2c2ccccc2)cc1. The summed E-state index contributed by atoms with van der Waals surface area (Å²) in [5, 5.41) is 7.86. The number of para-hydroxylation sites is 1. The lowest BCUT2D eigenvalue weighted by Crippen LogP contribution is -2.18. The molecule has 1 aliphatic rings. The van der Waals surface area contributed by atoms with Crippen molar-refractivity contribution < 1.29 is 4.74 Å². The van der Waals surface area contributed by atoms with Crippen LogP contribution in [0.3, 0.4) is 0 Å². The van der Waals surface area contributed by atoms with Crippen LogP contribution in [0.2, 0.25) is 5.02 Å². The van der Waals surface area contributed by atoms with E-state index in [1.807, 2.05) is 66.7 Å². The summed E-state index contributed by atoms with van der Waals surface area (Å²) in [5.41, 5.74) is 6.34. The van der Waals surface area contributed by atoms with Gasteiger partial charge in [0.1, 0.15) is 5.75 Å². The molecule has 166 valence electrons. The molecule has 0 aliphatic carbocycles. The van der Waals surface area contributed by atoms with Gasteiger partial charge in [-0.05, 0) is 71.8 Å². The Bertz CT molecular complexity index is 1350. The monoisotopic (exact) mass is 462 g/mol. The second kappa shape index (κ2) is 9.87. The number of hydrogen-bond donors (Lipinski definition) is 0. The second-order valence-corrected chi connectivity index (χ2v) is 8.49. The van der Waals surface area contributed by atoms with Crippen molar-refractivity contribution in [3.05, 3.63) is 130 Å². The van der Waals surface area contributed by atoms with Gasteiger partial charge in [0, 0.05) is 22.6 Å². The van der Waals surface area contributed by atoms with Crippen molar-refractivity contribution in [2.75, 3.05) is 12.1 Å². The Morgan fingerprint density at radius 3 is 2.03 bits per heavy atom. The largest absolute Gasteiger partial charge is 0.497 e.